The Hall–Kier alpha value is -7.42. The number of hydrogen-bond donors (Lipinski definition) is 0. The normalized spacial score (nSPS) is 11.2. The summed E-state index contributed by atoms with van der Waals surface area (Å²) in [5.41, 5.74) is 16.5. The van der Waals surface area contributed by atoms with E-state index in [2.05, 4.69) is 223 Å². The molecular weight excluding hydrogens is 679 g/mol. The number of hydrogen-bond acceptors (Lipinski definition) is 2. The van der Waals surface area contributed by atoms with Crippen LogP contribution in [-0.2, 0) is 0 Å². The molecule has 0 aliphatic carbocycles. The number of anilines is 3. The maximum Gasteiger partial charge on any atom is 0.145 e. The first-order chi connectivity index (χ1) is 27.8. The highest BCUT2D eigenvalue weighted by Crippen LogP contribution is 2.47. The number of benzene rings is 9. The van der Waals surface area contributed by atoms with Gasteiger partial charge in [0.25, 0.3) is 0 Å². The van der Waals surface area contributed by atoms with E-state index in [0.29, 0.717) is 0 Å². The first kappa shape index (κ1) is 33.2. The topological polar surface area (TPSA) is 16.4 Å². The van der Waals surface area contributed by atoms with Crippen LogP contribution in [0.3, 0.4) is 0 Å². The lowest BCUT2D eigenvalue weighted by molar-refractivity contribution is 0.670. The molecule has 264 valence electrons. The van der Waals surface area contributed by atoms with Crippen LogP contribution in [0.5, 0.6) is 0 Å². The van der Waals surface area contributed by atoms with Gasteiger partial charge < -0.3 is 9.32 Å². The summed E-state index contributed by atoms with van der Waals surface area (Å²) in [6.45, 7) is 0. The van der Waals surface area contributed by atoms with Gasteiger partial charge in [-0.1, -0.05) is 182 Å². The number of para-hydroxylation sites is 1. The fourth-order valence-electron chi connectivity index (χ4n) is 7.85. The Bertz CT molecular complexity index is 2900. The quantitative estimate of drug-likeness (QED) is 0.156. The lowest BCUT2D eigenvalue weighted by Crippen LogP contribution is -2.11. The molecule has 1 heterocycles. The summed E-state index contributed by atoms with van der Waals surface area (Å²) >= 11 is 0. The van der Waals surface area contributed by atoms with Crippen LogP contribution in [0.25, 0.3) is 77.6 Å². The highest BCUT2D eigenvalue weighted by atomic mass is 16.3. The summed E-state index contributed by atoms with van der Waals surface area (Å²) < 4.78 is 6.78. The van der Waals surface area contributed by atoms with Crippen LogP contribution in [0.1, 0.15) is 0 Å². The molecule has 0 aliphatic rings. The predicted octanol–water partition coefficient (Wildman–Crippen LogP) is 15.4. The van der Waals surface area contributed by atoms with E-state index >= 15 is 0 Å². The van der Waals surface area contributed by atoms with Gasteiger partial charge in [0.05, 0.1) is 5.69 Å². The maximum atomic E-state index is 6.78. The van der Waals surface area contributed by atoms with Gasteiger partial charge in [-0.05, 0) is 92.5 Å². The zero-order chi connectivity index (χ0) is 37.3. The molecule has 10 rings (SSSR count). The van der Waals surface area contributed by atoms with Gasteiger partial charge in [-0.3, -0.25) is 0 Å². The van der Waals surface area contributed by atoms with Gasteiger partial charge in [0.2, 0.25) is 0 Å². The largest absolute Gasteiger partial charge is 0.455 e. The molecule has 0 radical (unpaired) electrons. The van der Waals surface area contributed by atoms with Gasteiger partial charge in [-0.2, -0.15) is 0 Å². The van der Waals surface area contributed by atoms with E-state index in [9.17, 15) is 0 Å². The highest BCUT2D eigenvalue weighted by molar-refractivity contribution is 6.13. The van der Waals surface area contributed by atoms with E-state index in [4.69, 9.17) is 4.42 Å². The average molecular weight is 716 g/mol. The summed E-state index contributed by atoms with van der Waals surface area (Å²) in [4.78, 5) is 2.37. The number of fused-ring (bicyclic) bond motifs is 3. The summed E-state index contributed by atoms with van der Waals surface area (Å²) in [6, 6.07) is 79.9. The van der Waals surface area contributed by atoms with Crippen molar-refractivity contribution in [3.63, 3.8) is 0 Å². The van der Waals surface area contributed by atoms with Gasteiger partial charge in [0.1, 0.15) is 11.2 Å². The zero-order valence-electron chi connectivity index (χ0n) is 30.7. The minimum atomic E-state index is 0.872. The molecule has 10 aromatic rings. The molecule has 0 amide bonds. The average Bonchev–Trinajstić information content (AvgIpc) is 3.67. The van der Waals surface area contributed by atoms with E-state index in [1.165, 1.54) is 38.9 Å². The fourth-order valence-corrected chi connectivity index (χ4v) is 7.85. The van der Waals surface area contributed by atoms with Crippen molar-refractivity contribution in [2.45, 2.75) is 0 Å². The Morgan fingerprint density at radius 1 is 0.268 bits per heavy atom. The Kier molecular flexibility index (Phi) is 8.55. The van der Waals surface area contributed by atoms with Gasteiger partial charge in [0.15, 0.2) is 0 Å². The van der Waals surface area contributed by atoms with Crippen LogP contribution < -0.4 is 4.90 Å². The molecular formula is C54H37NO. The third-order valence-electron chi connectivity index (χ3n) is 10.7. The van der Waals surface area contributed by atoms with Gasteiger partial charge in [-0.25, -0.2) is 0 Å². The van der Waals surface area contributed by atoms with Crippen molar-refractivity contribution >= 4 is 39.0 Å². The number of rotatable bonds is 8. The van der Waals surface area contributed by atoms with Crippen molar-refractivity contribution in [1.29, 1.82) is 0 Å². The van der Waals surface area contributed by atoms with Crippen LogP contribution in [0.15, 0.2) is 229 Å². The summed E-state index contributed by atoms with van der Waals surface area (Å²) in [5.74, 6) is 0. The van der Waals surface area contributed by atoms with Crippen molar-refractivity contribution in [2.24, 2.45) is 0 Å². The SMILES string of the molecule is c1ccc(-c2ccc(-c3ccc(N(c4ccc(-c5ccccc5)cc4)c4ccc5c(oc6ccccc65)c4-c4ccc(-c5ccccc5)cc4)cc3)cc2)cc1. The number of nitrogens with zero attached hydrogens (tertiary/aromatic N) is 1. The Labute approximate surface area is 327 Å². The Balaban J connectivity index is 1.13. The summed E-state index contributed by atoms with van der Waals surface area (Å²) in [6.07, 6.45) is 0. The number of furan rings is 1. The Morgan fingerprint density at radius 2 is 0.625 bits per heavy atom. The molecule has 1 aromatic heterocycles. The monoisotopic (exact) mass is 715 g/mol. The van der Waals surface area contributed by atoms with Crippen molar-refractivity contribution in [3.05, 3.63) is 224 Å². The molecule has 0 fully saturated rings. The molecule has 0 aliphatic heterocycles. The molecule has 0 N–H and O–H groups in total. The van der Waals surface area contributed by atoms with Gasteiger partial charge >= 0.3 is 0 Å². The molecule has 0 saturated carbocycles. The lowest BCUT2D eigenvalue weighted by Gasteiger charge is -2.28. The molecule has 0 atom stereocenters. The first-order valence-corrected chi connectivity index (χ1v) is 19.1. The third kappa shape index (κ3) is 6.24. The van der Waals surface area contributed by atoms with Gasteiger partial charge in [-0.15, -0.1) is 0 Å². The minimum absolute atomic E-state index is 0.872. The lowest BCUT2D eigenvalue weighted by atomic mass is 9.96. The molecule has 0 saturated heterocycles. The van der Waals surface area contributed by atoms with Crippen LogP contribution in [-0.4, -0.2) is 0 Å². The molecule has 56 heavy (non-hydrogen) atoms. The first-order valence-electron chi connectivity index (χ1n) is 19.1. The van der Waals surface area contributed by atoms with E-state index in [0.717, 1.165) is 55.7 Å². The molecule has 0 spiro atoms. The predicted molar refractivity (Wildman–Crippen MR) is 236 cm³/mol. The van der Waals surface area contributed by atoms with Crippen molar-refractivity contribution in [3.8, 4) is 55.6 Å². The molecule has 2 nitrogen and oxygen atoms in total. The van der Waals surface area contributed by atoms with Crippen molar-refractivity contribution < 1.29 is 4.42 Å². The van der Waals surface area contributed by atoms with Gasteiger partial charge in [0, 0.05) is 27.7 Å². The third-order valence-corrected chi connectivity index (χ3v) is 10.7. The molecule has 0 unspecified atom stereocenters. The van der Waals surface area contributed by atoms with Crippen LogP contribution in [0.2, 0.25) is 0 Å². The Morgan fingerprint density at radius 3 is 1.07 bits per heavy atom. The zero-order valence-corrected chi connectivity index (χ0v) is 30.7. The van der Waals surface area contributed by atoms with E-state index in [-0.39, 0.29) is 0 Å². The molecule has 0 bridgehead atoms. The smallest absolute Gasteiger partial charge is 0.145 e. The van der Waals surface area contributed by atoms with Crippen molar-refractivity contribution in [1.82, 2.24) is 0 Å². The van der Waals surface area contributed by atoms with E-state index in [1.807, 2.05) is 6.07 Å². The van der Waals surface area contributed by atoms with Crippen LogP contribution in [0.4, 0.5) is 17.1 Å². The van der Waals surface area contributed by atoms with Crippen LogP contribution in [0, 0.1) is 0 Å². The summed E-state index contributed by atoms with van der Waals surface area (Å²) in [5, 5.41) is 2.21. The van der Waals surface area contributed by atoms with Crippen LogP contribution >= 0.6 is 0 Å². The minimum Gasteiger partial charge on any atom is -0.455 e. The van der Waals surface area contributed by atoms with E-state index < -0.39 is 0 Å². The van der Waals surface area contributed by atoms with Crippen molar-refractivity contribution in [2.75, 3.05) is 4.90 Å². The second-order valence-corrected chi connectivity index (χ2v) is 14.1. The second-order valence-electron chi connectivity index (χ2n) is 14.1. The molecule has 2 heteroatoms. The fraction of sp³-hybridized carbons (Fsp3) is 0. The molecule has 9 aromatic carbocycles. The summed E-state index contributed by atoms with van der Waals surface area (Å²) in [7, 11) is 0. The van der Waals surface area contributed by atoms with E-state index in [1.54, 1.807) is 0 Å². The highest BCUT2D eigenvalue weighted by Gasteiger charge is 2.23. The standard InChI is InChI=1S/C54H37NO/c1-4-12-38(13-5-1)41-20-22-43(23-21-41)45-30-34-48(35-31-45)55(47-32-28-44(29-33-47)40-16-8-3-9-17-40)51-37-36-50-49-18-10-11-19-52(49)56-54(50)53(51)46-26-24-42(25-27-46)39-14-6-2-7-15-39/h1-37H. The maximum absolute atomic E-state index is 6.78. The second kappa shape index (κ2) is 14.4.